The summed E-state index contributed by atoms with van der Waals surface area (Å²) in [5.41, 5.74) is 0. The van der Waals surface area contributed by atoms with Gasteiger partial charge in [0.05, 0.1) is 12.4 Å². The molecule has 2 heteroatoms. The molecule has 0 radical (unpaired) electrons. The summed E-state index contributed by atoms with van der Waals surface area (Å²) in [5, 5.41) is 0. The normalized spacial score (nSPS) is 24.9. The van der Waals surface area contributed by atoms with E-state index in [0.29, 0.717) is 0 Å². The second-order valence-electron chi connectivity index (χ2n) is 2.70. The van der Waals surface area contributed by atoms with Crippen LogP contribution in [0.5, 0.6) is 0 Å². The fourth-order valence-corrected chi connectivity index (χ4v) is 0.915. The summed E-state index contributed by atoms with van der Waals surface area (Å²) in [7, 11) is 0. The lowest BCUT2D eigenvalue weighted by Gasteiger charge is -2.21. The average Bonchev–Trinajstić information content (AvgIpc) is 1.88. The highest BCUT2D eigenvalue weighted by molar-refractivity contribution is 4.79. The predicted octanol–water partition coefficient (Wildman–Crippen LogP) is 2.06. The molecule has 0 bridgehead atoms. The van der Waals surface area contributed by atoms with Gasteiger partial charge in [-0.05, 0) is 26.3 Å². The van der Waals surface area contributed by atoms with Crippen LogP contribution in [0, 0.1) is 0 Å². The Kier molecular flexibility index (Phi) is 2.75. The molecular formula is C8H14O2. The summed E-state index contributed by atoms with van der Waals surface area (Å²) >= 11 is 0. The van der Waals surface area contributed by atoms with E-state index in [1.165, 1.54) is 0 Å². The lowest BCUT2D eigenvalue weighted by atomic mass is 10.2. The molecule has 0 aliphatic carbocycles. The summed E-state index contributed by atoms with van der Waals surface area (Å²) < 4.78 is 10.6. The number of allylic oxidation sites excluding steroid dienone is 1. The molecule has 0 amide bonds. The van der Waals surface area contributed by atoms with Crippen molar-refractivity contribution in [1.82, 2.24) is 0 Å². The number of hydrogen-bond acceptors (Lipinski definition) is 2. The highest BCUT2D eigenvalue weighted by Crippen LogP contribution is 2.12. The minimum atomic E-state index is -0.00926. The zero-order valence-corrected chi connectivity index (χ0v) is 6.54. The molecule has 0 fully saturated rings. The first-order chi connectivity index (χ1) is 4.79. The van der Waals surface area contributed by atoms with Crippen molar-refractivity contribution in [2.75, 3.05) is 0 Å². The largest absolute Gasteiger partial charge is 0.473 e. The topological polar surface area (TPSA) is 18.5 Å². The van der Waals surface area contributed by atoms with E-state index < -0.39 is 0 Å². The van der Waals surface area contributed by atoms with E-state index in [1.54, 1.807) is 6.26 Å². The smallest absolute Gasteiger partial charge is 0.199 e. The standard InChI is InChI=1S/C8H14O2/c1-7(2)10-8-5-3-4-6-9-8/h4,6-8H,3,5H2,1-2H3. The van der Waals surface area contributed by atoms with Crippen LogP contribution in [0.2, 0.25) is 0 Å². The molecule has 0 N–H and O–H groups in total. The predicted molar refractivity (Wildman–Crippen MR) is 39.5 cm³/mol. The molecule has 1 rings (SSSR count). The first kappa shape index (κ1) is 7.61. The lowest BCUT2D eigenvalue weighted by Crippen LogP contribution is -2.20. The molecule has 2 nitrogen and oxygen atoms in total. The van der Waals surface area contributed by atoms with Gasteiger partial charge in [0.25, 0.3) is 0 Å². The van der Waals surface area contributed by atoms with Crippen molar-refractivity contribution in [3.05, 3.63) is 12.3 Å². The van der Waals surface area contributed by atoms with E-state index in [4.69, 9.17) is 9.47 Å². The zero-order chi connectivity index (χ0) is 7.40. The van der Waals surface area contributed by atoms with Gasteiger partial charge in [-0.25, -0.2) is 0 Å². The summed E-state index contributed by atoms with van der Waals surface area (Å²) in [6, 6.07) is 0. The van der Waals surface area contributed by atoms with Crippen LogP contribution >= 0.6 is 0 Å². The Hall–Kier alpha value is -0.500. The highest BCUT2D eigenvalue weighted by Gasteiger charge is 2.11. The maximum Gasteiger partial charge on any atom is 0.199 e. The van der Waals surface area contributed by atoms with Crippen LogP contribution in [0.1, 0.15) is 26.7 Å². The first-order valence-corrected chi connectivity index (χ1v) is 3.75. The second-order valence-corrected chi connectivity index (χ2v) is 2.70. The third-order valence-corrected chi connectivity index (χ3v) is 1.32. The van der Waals surface area contributed by atoms with Gasteiger partial charge >= 0.3 is 0 Å². The molecule has 0 aromatic heterocycles. The van der Waals surface area contributed by atoms with Gasteiger partial charge in [-0.15, -0.1) is 0 Å². The Labute approximate surface area is 61.8 Å². The molecule has 0 spiro atoms. The third-order valence-electron chi connectivity index (χ3n) is 1.32. The van der Waals surface area contributed by atoms with Crippen molar-refractivity contribution in [2.24, 2.45) is 0 Å². The van der Waals surface area contributed by atoms with E-state index in [1.807, 2.05) is 19.9 Å². The Bertz CT molecular complexity index is 118. The van der Waals surface area contributed by atoms with Crippen molar-refractivity contribution < 1.29 is 9.47 Å². The van der Waals surface area contributed by atoms with Crippen molar-refractivity contribution in [1.29, 1.82) is 0 Å². The van der Waals surface area contributed by atoms with Gasteiger partial charge in [0, 0.05) is 6.42 Å². The van der Waals surface area contributed by atoms with Crippen LogP contribution in [0.15, 0.2) is 12.3 Å². The van der Waals surface area contributed by atoms with E-state index in [2.05, 4.69) is 0 Å². The Morgan fingerprint density at radius 3 is 2.90 bits per heavy atom. The van der Waals surface area contributed by atoms with Crippen LogP contribution < -0.4 is 0 Å². The lowest BCUT2D eigenvalue weighted by molar-refractivity contribution is -0.138. The van der Waals surface area contributed by atoms with Crippen molar-refractivity contribution in [2.45, 2.75) is 39.1 Å². The van der Waals surface area contributed by atoms with E-state index in [9.17, 15) is 0 Å². The molecule has 10 heavy (non-hydrogen) atoms. The number of rotatable bonds is 2. The molecule has 0 saturated carbocycles. The summed E-state index contributed by atoms with van der Waals surface area (Å²) in [6.45, 7) is 4.03. The van der Waals surface area contributed by atoms with E-state index in [0.717, 1.165) is 12.8 Å². The molecule has 58 valence electrons. The average molecular weight is 142 g/mol. The van der Waals surface area contributed by atoms with Crippen LogP contribution in [-0.4, -0.2) is 12.4 Å². The van der Waals surface area contributed by atoms with Gasteiger partial charge in [0.1, 0.15) is 0 Å². The second kappa shape index (κ2) is 3.62. The van der Waals surface area contributed by atoms with Gasteiger partial charge in [-0.2, -0.15) is 0 Å². The van der Waals surface area contributed by atoms with Crippen LogP contribution in [0.4, 0.5) is 0 Å². The third kappa shape index (κ3) is 2.40. The summed E-state index contributed by atoms with van der Waals surface area (Å²) in [4.78, 5) is 0. The molecule has 0 aromatic carbocycles. The molecule has 0 aromatic rings. The van der Waals surface area contributed by atoms with Gasteiger partial charge < -0.3 is 9.47 Å². The fourth-order valence-electron chi connectivity index (χ4n) is 0.915. The first-order valence-electron chi connectivity index (χ1n) is 3.75. The van der Waals surface area contributed by atoms with Gasteiger partial charge in [-0.3, -0.25) is 0 Å². The summed E-state index contributed by atoms with van der Waals surface area (Å²) in [5.74, 6) is 0. The quantitative estimate of drug-likeness (QED) is 0.587. The molecule has 1 unspecified atom stereocenters. The molecular weight excluding hydrogens is 128 g/mol. The van der Waals surface area contributed by atoms with Crippen molar-refractivity contribution >= 4 is 0 Å². The maximum atomic E-state index is 5.42. The van der Waals surface area contributed by atoms with Crippen LogP contribution in [0.3, 0.4) is 0 Å². The summed E-state index contributed by atoms with van der Waals surface area (Å²) in [6.07, 6.45) is 6.03. The van der Waals surface area contributed by atoms with Crippen molar-refractivity contribution in [3.8, 4) is 0 Å². The van der Waals surface area contributed by atoms with Crippen molar-refractivity contribution in [3.63, 3.8) is 0 Å². The number of hydrogen-bond donors (Lipinski definition) is 0. The monoisotopic (exact) mass is 142 g/mol. The Morgan fingerprint density at radius 2 is 2.40 bits per heavy atom. The van der Waals surface area contributed by atoms with Gasteiger partial charge in [0.15, 0.2) is 6.29 Å². The van der Waals surface area contributed by atoms with Gasteiger partial charge in [0.2, 0.25) is 0 Å². The van der Waals surface area contributed by atoms with Crippen LogP contribution in [0.25, 0.3) is 0 Å². The molecule has 1 atom stereocenters. The van der Waals surface area contributed by atoms with E-state index in [-0.39, 0.29) is 12.4 Å². The number of ether oxygens (including phenoxy) is 2. The molecule has 1 heterocycles. The minimum Gasteiger partial charge on any atom is -0.473 e. The molecule has 0 saturated heterocycles. The minimum absolute atomic E-state index is 0.00926. The van der Waals surface area contributed by atoms with Gasteiger partial charge in [-0.1, -0.05) is 0 Å². The molecule has 1 aliphatic heterocycles. The van der Waals surface area contributed by atoms with E-state index >= 15 is 0 Å². The molecule has 1 aliphatic rings. The Balaban J connectivity index is 2.22. The SMILES string of the molecule is CC(C)OC1CCC=CO1. The maximum absolute atomic E-state index is 5.42. The zero-order valence-electron chi connectivity index (χ0n) is 6.54. The van der Waals surface area contributed by atoms with Crippen LogP contribution in [-0.2, 0) is 9.47 Å². The fraction of sp³-hybridized carbons (Fsp3) is 0.750. The Morgan fingerprint density at radius 1 is 1.60 bits per heavy atom. The highest BCUT2D eigenvalue weighted by atomic mass is 16.7.